The van der Waals surface area contributed by atoms with E-state index in [9.17, 15) is 9.90 Å². The molecule has 108 valence electrons. The Morgan fingerprint density at radius 3 is 2.67 bits per heavy atom. The summed E-state index contributed by atoms with van der Waals surface area (Å²) in [5.41, 5.74) is 4.56. The van der Waals surface area contributed by atoms with E-state index in [1.54, 1.807) is 0 Å². The van der Waals surface area contributed by atoms with Crippen molar-refractivity contribution in [2.24, 2.45) is 0 Å². The van der Waals surface area contributed by atoms with Crippen LogP contribution < -0.4 is 4.90 Å². The number of rotatable bonds is 3. The number of carbonyl (C=O) groups is 1. The summed E-state index contributed by atoms with van der Waals surface area (Å²) in [7, 11) is 0. The Bertz CT molecular complexity index is 666. The zero-order chi connectivity index (χ0) is 14.8. The van der Waals surface area contributed by atoms with Crippen molar-refractivity contribution in [3.05, 3.63) is 65.2 Å². The summed E-state index contributed by atoms with van der Waals surface area (Å²) >= 11 is 0. The third kappa shape index (κ3) is 2.64. The van der Waals surface area contributed by atoms with Gasteiger partial charge in [0.15, 0.2) is 0 Å². The Morgan fingerprint density at radius 1 is 1.19 bits per heavy atom. The third-order valence-electron chi connectivity index (χ3n) is 4.26. The van der Waals surface area contributed by atoms with E-state index in [1.807, 2.05) is 30.3 Å². The Kier molecular flexibility index (Phi) is 3.65. The standard InChI is InChI=1S/C18H19NO2/c1-13-6-2-3-7-14(13)12-19-11-10-16(18(20)21)15-8-4-5-9-17(15)19/h2-9,16H,10-12H2,1H3,(H,20,21). The number of nitrogens with zero attached hydrogens (tertiary/aromatic N) is 1. The largest absolute Gasteiger partial charge is 0.481 e. The molecule has 0 saturated carbocycles. The van der Waals surface area contributed by atoms with Gasteiger partial charge in [-0.3, -0.25) is 4.79 Å². The number of hydrogen-bond donors (Lipinski definition) is 1. The molecule has 1 unspecified atom stereocenters. The SMILES string of the molecule is Cc1ccccc1CN1CCC(C(=O)O)c2ccccc21. The second-order valence-corrected chi connectivity index (χ2v) is 5.59. The molecule has 0 aromatic heterocycles. The molecule has 0 spiro atoms. The summed E-state index contributed by atoms with van der Waals surface area (Å²) in [4.78, 5) is 13.7. The summed E-state index contributed by atoms with van der Waals surface area (Å²) in [6, 6.07) is 16.2. The number of carboxylic acids is 1. The maximum Gasteiger partial charge on any atom is 0.311 e. The lowest BCUT2D eigenvalue weighted by atomic mass is 9.89. The second kappa shape index (κ2) is 5.60. The summed E-state index contributed by atoms with van der Waals surface area (Å²) in [6.45, 7) is 3.73. The lowest BCUT2D eigenvalue weighted by molar-refractivity contribution is -0.139. The number of para-hydroxylation sites is 1. The van der Waals surface area contributed by atoms with Crippen LogP contribution in [0.25, 0.3) is 0 Å². The van der Waals surface area contributed by atoms with E-state index in [4.69, 9.17) is 0 Å². The Hall–Kier alpha value is -2.29. The first-order valence-electron chi connectivity index (χ1n) is 7.28. The van der Waals surface area contributed by atoms with Crippen molar-refractivity contribution in [2.75, 3.05) is 11.4 Å². The fraction of sp³-hybridized carbons (Fsp3) is 0.278. The van der Waals surface area contributed by atoms with Crippen LogP contribution in [-0.4, -0.2) is 17.6 Å². The topological polar surface area (TPSA) is 40.5 Å². The van der Waals surface area contributed by atoms with Crippen molar-refractivity contribution in [3.63, 3.8) is 0 Å². The van der Waals surface area contributed by atoms with Crippen LogP contribution in [0.1, 0.15) is 29.0 Å². The molecule has 0 amide bonds. The van der Waals surface area contributed by atoms with E-state index in [0.717, 1.165) is 24.3 Å². The zero-order valence-corrected chi connectivity index (χ0v) is 12.1. The van der Waals surface area contributed by atoms with Gasteiger partial charge in [-0.05, 0) is 36.1 Å². The van der Waals surface area contributed by atoms with Gasteiger partial charge in [-0.25, -0.2) is 0 Å². The molecule has 0 radical (unpaired) electrons. The molecule has 0 aliphatic carbocycles. The molecule has 3 nitrogen and oxygen atoms in total. The molecule has 21 heavy (non-hydrogen) atoms. The molecule has 3 heteroatoms. The highest BCUT2D eigenvalue weighted by atomic mass is 16.4. The summed E-state index contributed by atoms with van der Waals surface area (Å²) in [6.07, 6.45) is 0.665. The Balaban J connectivity index is 1.93. The molecule has 1 N–H and O–H groups in total. The van der Waals surface area contributed by atoms with E-state index in [0.29, 0.717) is 6.42 Å². The minimum atomic E-state index is -0.724. The van der Waals surface area contributed by atoms with Crippen molar-refractivity contribution in [1.82, 2.24) is 0 Å². The first-order chi connectivity index (χ1) is 10.2. The molecule has 0 fully saturated rings. The molecular weight excluding hydrogens is 262 g/mol. The minimum absolute atomic E-state index is 0.380. The van der Waals surface area contributed by atoms with Gasteiger partial charge in [-0.1, -0.05) is 42.5 Å². The lowest BCUT2D eigenvalue weighted by Crippen LogP contribution is -2.33. The van der Waals surface area contributed by atoms with Crippen LogP contribution in [0.3, 0.4) is 0 Å². The fourth-order valence-electron chi connectivity index (χ4n) is 3.04. The van der Waals surface area contributed by atoms with Crippen molar-refractivity contribution in [1.29, 1.82) is 0 Å². The monoisotopic (exact) mass is 281 g/mol. The second-order valence-electron chi connectivity index (χ2n) is 5.59. The predicted molar refractivity (Wildman–Crippen MR) is 83.7 cm³/mol. The first kappa shape index (κ1) is 13.7. The first-order valence-corrected chi connectivity index (χ1v) is 7.28. The summed E-state index contributed by atoms with van der Waals surface area (Å²) in [5.74, 6) is -1.10. The number of hydrogen-bond acceptors (Lipinski definition) is 2. The fourth-order valence-corrected chi connectivity index (χ4v) is 3.04. The zero-order valence-electron chi connectivity index (χ0n) is 12.1. The molecule has 1 heterocycles. The van der Waals surface area contributed by atoms with Crippen molar-refractivity contribution in [3.8, 4) is 0 Å². The highest BCUT2D eigenvalue weighted by Crippen LogP contribution is 2.36. The Morgan fingerprint density at radius 2 is 1.90 bits per heavy atom. The van der Waals surface area contributed by atoms with E-state index < -0.39 is 5.97 Å². The van der Waals surface area contributed by atoms with Gasteiger partial charge in [-0.2, -0.15) is 0 Å². The van der Waals surface area contributed by atoms with E-state index in [1.165, 1.54) is 11.1 Å². The summed E-state index contributed by atoms with van der Waals surface area (Å²) < 4.78 is 0. The third-order valence-corrected chi connectivity index (χ3v) is 4.26. The average Bonchev–Trinajstić information content (AvgIpc) is 2.49. The molecule has 1 aliphatic rings. The van der Waals surface area contributed by atoms with Gasteiger partial charge in [0.05, 0.1) is 5.92 Å². The van der Waals surface area contributed by atoms with Gasteiger partial charge in [0.1, 0.15) is 0 Å². The highest BCUT2D eigenvalue weighted by molar-refractivity contribution is 5.80. The molecule has 0 bridgehead atoms. The van der Waals surface area contributed by atoms with Gasteiger partial charge in [0, 0.05) is 18.8 Å². The highest BCUT2D eigenvalue weighted by Gasteiger charge is 2.29. The molecule has 2 aromatic carbocycles. The van der Waals surface area contributed by atoms with Gasteiger partial charge >= 0.3 is 5.97 Å². The van der Waals surface area contributed by atoms with Crippen molar-refractivity contribution < 1.29 is 9.90 Å². The number of benzene rings is 2. The average molecular weight is 281 g/mol. The number of fused-ring (bicyclic) bond motifs is 1. The van der Waals surface area contributed by atoms with Crippen LogP contribution in [0.2, 0.25) is 0 Å². The summed E-state index contributed by atoms with van der Waals surface area (Å²) in [5, 5.41) is 9.39. The van der Waals surface area contributed by atoms with Crippen LogP contribution in [0.4, 0.5) is 5.69 Å². The molecule has 3 rings (SSSR count). The van der Waals surface area contributed by atoms with Crippen LogP contribution in [0, 0.1) is 6.92 Å². The molecule has 0 saturated heterocycles. The van der Waals surface area contributed by atoms with Crippen LogP contribution >= 0.6 is 0 Å². The van der Waals surface area contributed by atoms with Gasteiger partial charge in [-0.15, -0.1) is 0 Å². The maximum atomic E-state index is 11.4. The molecular formula is C18H19NO2. The van der Waals surface area contributed by atoms with Crippen molar-refractivity contribution >= 4 is 11.7 Å². The van der Waals surface area contributed by atoms with E-state index in [2.05, 4.69) is 30.0 Å². The van der Waals surface area contributed by atoms with Gasteiger partial charge < -0.3 is 10.0 Å². The van der Waals surface area contributed by atoms with Crippen LogP contribution in [0.5, 0.6) is 0 Å². The van der Waals surface area contributed by atoms with Gasteiger partial charge in [0.2, 0.25) is 0 Å². The number of aliphatic carboxylic acids is 1. The normalized spacial score (nSPS) is 17.4. The van der Waals surface area contributed by atoms with Crippen molar-refractivity contribution in [2.45, 2.75) is 25.8 Å². The minimum Gasteiger partial charge on any atom is -0.481 e. The number of aryl methyl sites for hydroxylation is 1. The number of carboxylic acid groups (broad SMARTS) is 1. The van der Waals surface area contributed by atoms with Gasteiger partial charge in [0.25, 0.3) is 0 Å². The molecule has 2 aromatic rings. The van der Waals surface area contributed by atoms with E-state index in [-0.39, 0.29) is 5.92 Å². The van der Waals surface area contributed by atoms with Crippen LogP contribution in [-0.2, 0) is 11.3 Å². The predicted octanol–water partition coefficient (Wildman–Crippen LogP) is 3.57. The van der Waals surface area contributed by atoms with E-state index >= 15 is 0 Å². The molecule has 1 atom stereocenters. The van der Waals surface area contributed by atoms with Crippen LogP contribution in [0.15, 0.2) is 48.5 Å². The Labute approximate surface area is 124 Å². The quantitative estimate of drug-likeness (QED) is 0.935. The number of anilines is 1. The maximum absolute atomic E-state index is 11.4. The smallest absolute Gasteiger partial charge is 0.311 e. The molecule has 1 aliphatic heterocycles. The lowest BCUT2D eigenvalue weighted by Gasteiger charge is -2.34.